The molecule has 0 atom stereocenters. The van der Waals surface area contributed by atoms with Crippen LogP contribution in [-0.2, 0) is 33.9 Å². The van der Waals surface area contributed by atoms with Crippen LogP contribution in [0.15, 0.2) is 91.1 Å². The molecule has 4 aromatic carbocycles. The summed E-state index contributed by atoms with van der Waals surface area (Å²) in [5.74, 6) is 2.18. The minimum Gasteiger partial charge on any atom is -0.509 e. The maximum atomic E-state index is 6.70. The third-order valence-corrected chi connectivity index (χ3v) is 10.2. The van der Waals surface area contributed by atoms with Gasteiger partial charge in [-0.05, 0) is 91.4 Å². The minimum atomic E-state index is 0. The van der Waals surface area contributed by atoms with Crippen LogP contribution in [0.4, 0.5) is 0 Å². The Morgan fingerprint density at radius 1 is 0.741 bits per heavy atom. The van der Waals surface area contributed by atoms with Gasteiger partial charge in [0.2, 0.25) is 0 Å². The van der Waals surface area contributed by atoms with Gasteiger partial charge in [0.1, 0.15) is 5.82 Å². The van der Waals surface area contributed by atoms with Crippen LogP contribution >= 0.6 is 0 Å². The van der Waals surface area contributed by atoms with Crippen LogP contribution in [-0.4, -0.2) is 19.3 Å². The Bertz CT molecular complexity index is 2360. The molecule has 0 fully saturated rings. The Kier molecular flexibility index (Phi) is 12.3. The molecule has 7 aromatic rings. The van der Waals surface area contributed by atoms with E-state index in [0.717, 1.165) is 69.7 Å². The molecule has 3 aromatic heterocycles. The zero-order valence-electron chi connectivity index (χ0n) is 32.8. The van der Waals surface area contributed by atoms with Gasteiger partial charge in [0.05, 0.1) is 5.69 Å². The van der Waals surface area contributed by atoms with Crippen LogP contribution in [0.1, 0.15) is 94.3 Å². The maximum absolute atomic E-state index is 6.70. The van der Waals surface area contributed by atoms with Gasteiger partial charge in [-0.2, -0.15) is 16.7 Å². The molecule has 280 valence electrons. The molecule has 0 aliphatic heterocycles. The summed E-state index contributed by atoms with van der Waals surface area (Å²) in [6, 6.07) is 37.4. The summed E-state index contributed by atoms with van der Waals surface area (Å²) in [7, 11) is 0. The average molecular weight is 896 g/mol. The van der Waals surface area contributed by atoms with Gasteiger partial charge >= 0.3 is 21.1 Å². The van der Waals surface area contributed by atoms with E-state index < -0.39 is 0 Å². The largest absolute Gasteiger partial charge is 2.00 e. The van der Waals surface area contributed by atoms with Crippen molar-refractivity contribution < 1.29 is 25.8 Å². The first-order chi connectivity index (χ1) is 25.6. The van der Waals surface area contributed by atoms with Crippen molar-refractivity contribution >= 4 is 21.8 Å². The molecule has 0 unspecified atom stereocenters. The second kappa shape index (κ2) is 16.9. The molecule has 3 heterocycles. The molecule has 0 saturated carbocycles. The van der Waals surface area contributed by atoms with E-state index in [1.165, 1.54) is 54.2 Å². The summed E-state index contributed by atoms with van der Waals surface area (Å²) in [6.07, 6.45) is 11.0. The molecule has 7 rings (SSSR count). The van der Waals surface area contributed by atoms with E-state index in [4.69, 9.17) is 14.8 Å². The molecule has 6 heteroatoms. The molecule has 0 amide bonds. The van der Waals surface area contributed by atoms with Gasteiger partial charge < -0.3 is 9.30 Å². The number of hydrogen-bond acceptors (Lipinski definition) is 3. The van der Waals surface area contributed by atoms with Crippen molar-refractivity contribution in [1.29, 1.82) is 0 Å². The van der Waals surface area contributed by atoms with Gasteiger partial charge in [0, 0.05) is 34.5 Å². The zero-order chi connectivity index (χ0) is 37.1. The van der Waals surface area contributed by atoms with Gasteiger partial charge in [-0.25, -0.2) is 4.98 Å². The first-order valence-corrected chi connectivity index (χ1v) is 19.4. The molecule has 0 bridgehead atoms. The Morgan fingerprint density at radius 2 is 1.52 bits per heavy atom. The normalized spacial score (nSPS) is 11.7. The quantitative estimate of drug-likeness (QED) is 0.0856. The number of unbranched alkanes of at least 4 members (excludes halogenated alkanes) is 3. The fourth-order valence-corrected chi connectivity index (χ4v) is 7.55. The summed E-state index contributed by atoms with van der Waals surface area (Å²) >= 11 is 0. The van der Waals surface area contributed by atoms with E-state index >= 15 is 0 Å². The summed E-state index contributed by atoms with van der Waals surface area (Å²) in [5, 5.41) is 7.37. The third kappa shape index (κ3) is 8.74. The van der Waals surface area contributed by atoms with E-state index in [2.05, 4.69) is 132 Å². The van der Waals surface area contributed by atoms with Crippen LogP contribution < -0.4 is 4.74 Å². The minimum absolute atomic E-state index is 0. The Labute approximate surface area is 336 Å². The first-order valence-electron chi connectivity index (χ1n) is 19.4. The standard InChI is InChI=1S/C48H52N4O.Pt/c1-8-9-11-17-37-28-39(52-35(4)47(34(3)50-52)38-18-12-10-13-19-38)31-41(29-37)53-40-21-22-42-43-30-36(16-14-15-25-48(5,6)7)20-23-44(43)51(45(42)32-40)46-27-33(2)24-26-49-46;/h10,12-13,18-24,26-30H,8-9,11,14-17,25H2,1-7H3;/q-2;+2. The first kappa shape index (κ1) is 39.2. The van der Waals surface area contributed by atoms with Gasteiger partial charge in [0.15, 0.2) is 0 Å². The van der Waals surface area contributed by atoms with Crippen LogP contribution in [0.25, 0.3) is 44.4 Å². The molecule has 0 radical (unpaired) electrons. The second-order valence-electron chi connectivity index (χ2n) is 15.9. The third-order valence-electron chi connectivity index (χ3n) is 10.2. The number of ether oxygens (including phenoxy) is 1. The van der Waals surface area contributed by atoms with Crippen LogP contribution in [0, 0.1) is 38.3 Å². The second-order valence-corrected chi connectivity index (χ2v) is 15.9. The van der Waals surface area contributed by atoms with Crippen molar-refractivity contribution in [2.24, 2.45) is 5.41 Å². The van der Waals surface area contributed by atoms with Crippen molar-refractivity contribution in [2.75, 3.05) is 0 Å². The molecular formula is C48H52N4OPt. The molecular weight excluding hydrogens is 844 g/mol. The van der Waals surface area contributed by atoms with E-state index in [9.17, 15) is 0 Å². The van der Waals surface area contributed by atoms with Crippen molar-refractivity contribution in [2.45, 2.75) is 99.8 Å². The van der Waals surface area contributed by atoms with E-state index in [1.54, 1.807) is 0 Å². The maximum Gasteiger partial charge on any atom is 2.00 e. The predicted octanol–water partition coefficient (Wildman–Crippen LogP) is 12.8. The molecule has 0 aliphatic carbocycles. The van der Waals surface area contributed by atoms with Crippen LogP contribution in [0.2, 0.25) is 0 Å². The molecule has 0 saturated heterocycles. The number of aryl methyl sites for hydroxylation is 4. The summed E-state index contributed by atoms with van der Waals surface area (Å²) < 4.78 is 10.9. The van der Waals surface area contributed by atoms with Crippen molar-refractivity contribution in [1.82, 2.24) is 19.3 Å². The smallest absolute Gasteiger partial charge is 0.509 e. The number of nitrogens with zero attached hydrogens (tertiary/aromatic N) is 4. The Balaban J connectivity index is 0.00000497. The predicted molar refractivity (Wildman–Crippen MR) is 220 cm³/mol. The van der Waals surface area contributed by atoms with Gasteiger partial charge in [-0.1, -0.05) is 108 Å². The molecule has 54 heavy (non-hydrogen) atoms. The van der Waals surface area contributed by atoms with E-state index in [0.29, 0.717) is 16.9 Å². The van der Waals surface area contributed by atoms with Gasteiger partial charge in [-0.15, -0.1) is 35.7 Å². The monoisotopic (exact) mass is 895 g/mol. The summed E-state index contributed by atoms with van der Waals surface area (Å²) in [6.45, 7) is 15.5. The van der Waals surface area contributed by atoms with Crippen LogP contribution in [0.3, 0.4) is 0 Å². The summed E-state index contributed by atoms with van der Waals surface area (Å²) in [4.78, 5) is 4.82. The number of benzene rings is 4. The number of pyridine rings is 1. The number of rotatable bonds is 13. The summed E-state index contributed by atoms with van der Waals surface area (Å²) in [5.41, 5.74) is 11.5. The van der Waals surface area contributed by atoms with Gasteiger partial charge in [-0.3, -0.25) is 4.68 Å². The molecule has 0 spiro atoms. The number of aromatic nitrogens is 4. The topological polar surface area (TPSA) is 44.9 Å². The van der Waals surface area contributed by atoms with Crippen molar-refractivity contribution in [3.8, 4) is 34.1 Å². The molecule has 0 N–H and O–H groups in total. The zero-order valence-corrected chi connectivity index (χ0v) is 35.1. The fourth-order valence-electron chi connectivity index (χ4n) is 7.55. The van der Waals surface area contributed by atoms with E-state index in [1.807, 2.05) is 29.1 Å². The average Bonchev–Trinajstić information content (AvgIpc) is 3.62. The van der Waals surface area contributed by atoms with Crippen LogP contribution in [0.5, 0.6) is 11.5 Å². The Morgan fingerprint density at radius 3 is 2.28 bits per heavy atom. The molecule has 5 nitrogen and oxygen atoms in total. The van der Waals surface area contributed by atoms with E-state index in [-0.39, 0.29) is 21.1 Å². The van der Waals surface area contributed by atoms with Crippen molar-refractivity contribution in [3.63, 3.8) is 0 Å². The van der Waals surface area contributed by atoms with Gasteiger partial charge in [0.25, 0.3) is 0 Å². The number of fused-ring (bicyclic) bond motifs is 3. The fraction of sp³-hybridized carbons (Fsp3) is 0.333. The van der Waals surface area contributed by atoms with Crippen molar-refractivity contribution in [3.05, 3.63) is 131 Å². The Hall–Kier alpha value is -4.47. The molecule has 0 aliphatic rings. The number of hydrogen-bond donors (Lipinski definition) is 0. The SMILES string of the molecule is CCCCCc1cc(Oc2[c-]c3c(cc2)c2cc(CCCCC(C)(C)C)ccc2n3-c2cc(C)ccn2)[c-]c(-n2nc(C)c(-c3ccccc3)c2C)c1.[Pt+2].